The van der Waals surface area contributed by atoms with Gasteiger partial charge in [-0.1, -0.05) is 41.7 Å². The van der Waals surface area contributed by atoms with Crippen molar-refractivity contribution in [3.05, 3.63) is 66.1 Å². The van der Waals surface area contributed by atoms with Crippen molar-refractivity contribution in [1.82, 2.24) is 9.97 Å². The van der Waals surface area contributed by atoms with Crippen LogP contribution in [0.1, 0.15) is 16.1 Å². The standard InChI is InChI=1S/C16H13N3OS/c1-11-7-8-13(9-17-11)15(20)19-16-18-10-14(21-16)12-5-3-2-4-6-12/h2-10H,1H3,(H,18,19,20). The third kappa shape index (κ3) is 3.14. The highest BCUT2D eigenvalue weighted by Crippen LogP contribution is 2.28. The van der Waals surface area contributed by atoms with Crippen LogP contribution in [0.2, 0.25) is 0 Å². The van der Waals surface area contributed by atoms with Gasteiger partial charge in [-0.2, -0.15) is 0 Å². The van der Waals surface area contributed by atoms with Gasteiger partial charge in [0.1, 0.15) is 0 Å². The molecule has 104 valence electrons. The fourth-order valence-electron chi connectivity index (χ4n) is 1.84. The number of hydrogen-bond acceptors (Lipinski definition) is 4. The molecule has 0 aliphatic rings. The lowest BCUT2D eigenvalue weighted by molar-refractivity contribution is 0.102. The molecule has 3 rings (SSSR count). The number of benzene rings is 1. The van der Waals surface area contributed by atoms with Crippen molar-refractivity contribution in [3.63, 3.8) is 0 Å². The molecule has 21 heavy (non-hydrogen) atoms. The highest BCUT2D eigenvalue weighted by molar-refractivity contribution is 7.19. The summed E-state index contributed by atoms with van der Waals surface area (Å²) in [5.74, 6) is -0.198. The topological polar surface area (TPSA) is 54.9 Å². The Balaban J connectivity index is 1.75. The summed E-state index contributed by atoms with van der Waals surface area (Å²) in [6.07, 6.45) is 3.33. The lowest BCUT2D eigenvalue weighted by Crippen LogP contribution is -2.11. The molecule has 0 spiro atoms. The zero-order valence-corrected chi connectivity index (χ0v) is 12.2. The van der Waals surface area contributed by atoms with Gasteiger partial charge in [-0.15, -0.1) is 0 Å². The minimum atomic E-state index is -0.198. The van der Waals surface area contributed by atoms with E-state index in [2.05, 4.69) is 15.3 Å². The monoisotopic (exact) mass is 295 g/mol. The molecule has 4 nitrogen and oxygen atoms in total. The summed E-state index contributed by atoms with van der Waals surface area (Å²) in [6.45, 7) is 1.88. The number of rotatable bonds is 3. The number of thiazole rings is 1. The second-order valence-corrected chi connectivity index (χ2v) is 5.57. The van der Waals surface area contributed by atoms with Crippen molar-refractivity contribution in [2.24, 2.45) is 0 Å². The molecule has 2 aromatic heterocycles. The Hall–Kier alpha value is -2.53. The lowest BCUT2D eigenvalue weighted by Gasteiger charge is -2.01. The van der Waals surface area contributed by atoms with E-state index in [-0.39, 0.29) is 5.91 Å². The zero-order chi connectivity index (χ0) is 14.7. The molecule has 2 heterocycles. The zero-order valence-electron chi connectivity index (χ0n) is 11.4. The molecular weight excluding hydrogens is 282 g/mol. The number of carbonyl (C=O) groups excluding carboxylic acids is 1. The van der Waals surface area contributed by atoms with Gasteiger partial charge in [0, 0.05) is 18.1 Å². The maximum absolute atomic E-state index is 12.1. The first-order chi connectivity index (χ1) is 10.2. The van der Waals surface area contributed by atoms with E-state index in [9.17, 15) is 4.79 Å². The van der Waals surface area contributed by atoms with E-state index in [1.54, 1.807) is 18.5 Å². The van der Waals surface area contributed by atoms with E-state index in [1.165, 1.54) is 11.3 Å². The van der Waals surface area contributed by atoms with E-state index in [0.717, 1.165) is 16.1 Å². The van der Waals surface area contributed by atoms with Crippen LogP contribution in [0.15, 0.2) is 54.9 Å². The molecule has 0 fully saturated rings. The Morgan fingerprint density at radius 2 is 1.86 bits per heavy atom. The molecule has 1 N–H and O–H groups in total. The predicted molar refractivity (Wildman–Crippen MR) is 84.5 cm³/mol. The molecule has 3 aromatic rings. The van der Waals surface area contributed by atoms with E-state index >= 15 is 0 Å². The smallest absolute Gasteiger partial charge is 0.259 e. The van der Waals surface area contributed by atoms with Crippen LogP contribution < -0.4 is 5.32 Å². The normalized spacial score (nSPS) is 10.3. The summed E-state index contributed by atoms with van der Waals surface area (Å²) < 4.78 is 0. The molecule has 1 aromatic carbocycles. The SMILES string of the molecule is Cc1ccc(C(=O)Nc2ncc(-c3ccccc3)s2)cn1. The van der Waals surface area contributed by atoms with Crippen LogP contribution in [0.25, 0.3) is 10.4 Å². The summed E-state index contributed by atoms with van der Waals surface area (Å²) >= 11 is 1.45. The summed E-state index contributed by atoms with van der Waals surface area (Å²) in [6, 6.07) is 13.5. The maximum Gasteiger partial charge on any atom is 0.259 e. The third-order valence-electron chi connectivity index (χ3n) is 2.96. The molecule has 0 saturated heterocycles. The molecule has 0 aliphatic carbocycles. The lowest BCUT2D eigenvalue weighted by atomic mass is 10.2. The molecule has 0 unspecified atom stereocenters. The molecule has 1 amide bonds. The Bertz CT molecular complexity index is 751. The van der Waals surface area contributed by atoms with Crippen LogP contribution in [-0.2, 0) is 0 Å². The summed E-state index contributed by atoms with van der Waals surface area (Å²) in [4.78, 5) is 21.5. The third-order valence-corrected chi connectivity index (χ3v) is 3.92. The maximum atomic E-state index is 12.1. The van der Waals surface area contributed by atoms with Gasteiger partial charge in [-0.05, 0) is 24.6 Å². The van der Waals surface area contributed by atoms with Gasteiger partial charge in [0.25, 0.3) is 5.91 Å². The number of nitrogens with zero attached hydrogens (tertiary/aromatic N) is 2. The summed E-state index contributed by atoms with van der Waals surface area (Å²) in [5, 5.41) is 3.38. The van der Waals surface area contributed by atoms with E-state index in [1.807, 2.05) is 43.3 Å². The van der Waals surface area contributed by atoms with Gasteiger partial charge in [0.15, 0.2) is 5.13 Å². The minimum absolute atomic E-state index is 0.198. The van der Waals surface area contributed by atoms with Crippen LogP contribution >= 0.6 is 11.3 Å². The molecule has 0 aliphatic heterocycles. The Kier molecular flexibility index (Phi) is 3.75. The van der Waals surface area contributed by atoms with Gasteiger partial charge in [-0.25, -0.2) is 4.98 Å². The van der Waals surface area contributed by atoms with E-state index in [0.29, 0.717) is 10.7 Å². The second kappa shape index (κ2) is 5.85. The first kappa shape index (κ1) is 13.5. The molecule has 0 bridgehead atoms. The van der Waals surface area contributed by atoms with Crippen LogP contribution in [0, 0.1) is 6.92 Å². The first-order valence-corrected chi connectivity index (χ1v) is 7.29. The van der Waals surface area contributed by atoms with Gasteiger partial charge < -0.3 is 0 Å². The van der Waals surface area contributed by atoms with Crippen molar-refractivity contribution in [3.8, 4) is 10.4 Å². The van der Waals surface area contributed by atoms with Crippen molar-refractivity contribution >= 4 is 22.4 Å². The van der Waals surface area contributed by atoms with Gasteiger partial charge in [0.05, 0.1) is 10.4 Å². The van der Waals surface area contributed by atoms with Gasteiger partial charge in [0.2, 0.25) is 0 Å². The van der Waals surface area contributed by atoms with E-state index < -0.39 is 0 Å². The summed E-state index contributed by atoms with van der Waals surface area (Å²) in [7, 11) is 0. The second-order valence-electron chi connectivity index (χ2n) is 4.54. The molecule has 0 atom stereocenters. The average Bonchev–Trinajstić information content (AvgIpc) is 2.97. The Morgan fingerprint density at radius 1 is 1.05 bits per heavy atom. The van der Waals surface area contributed by atoms with Crippen LogP contribution in [0.5, 0.6) is 0 Å². The van der Waals surface area contributed by atoms with E-state index in [4.69, 9.17) is 0 Å². The number of amides is 1. The molecule has 0 saturated carbocycles. The largest absolute Gasteiger partial charge is 0.298 e. The number of nitrogens with one attached hydrogen (secondary N) is 1. The minimum Gasteiger partial charge on any atom is -0.298 e. The fourth-order valence-corrected chi connectivity index (χ4v) is 2.66. The number of aromatic nitrogens is 2. The van der Waals surface area contributed by atoms with Gasteiger partial charge in [-0.3, -0.25) is 15.1 Å². The number of hydrogen-bond donors (Lipinski definition) is 1. The van der Waals surface area contributed by atoms with Crippen LogP contribution in [0.3, 0.4) is 0 Å². The number of aryl methyl sites for hydroxylation is 1. The van der Waals surface area contributed by atoms with Crippen LogP contribution in [0.4, 0.5) is 5.13 Å². The van der Waals surface area contributed by atoms with Crippen LogP contribution in [-0.4, -0.2) is 15.9 Å². The quantitative estimate of drug-likeness (QED) is 0.800. The summed E-state index contributed by atoms with van der Waals surface area (Å²) in [5.41, 5.74) is 2.50. The van der Waals surface area contributed by atoms with Crippen molar-refractivity contribution < 1.29 is 4.79 Å². The molecule has 0 radical (unpaired) electrons. The average molecular weight is 295 g/mol. The van der Waals surface area contributed by atoms with Crippen molar-refractivity contribution in [2.75, 3.05) is 5.32 Å². The van der Waals surface area contributed by atoms with Gasteiger partial charge >= 0.3 is 0 Å². The van der Waals surface area contributed by atoms with Crippen molar-refractivity contribution in [1.29, 1.82) is 0 Å². The highest BCUT2D eigenvalue weighted by Gasteiger charge is 2.10. The first-order valence-electron chi connectivity index (χ1n) is 6.47. The number of pyridine rings is 1. The number of anilines is 1. The highest BCUT2D eigenvalue weighted by atomic mass is 32.1. The Labute approximate surface area is 126 Å². The molecule has 5 heteroatoms. The molecular formula is C16H13N3OS. The predicted octanol–water partition coefficient (Wildman–Crippen LogP) is 3.77. The number of carbonyl (C=O) groups is 1. The fraction of sp³-hybridized carbons (Fsp3) is 0.0625. The van der Waals surface area contributed by atoms with Crippen molar-refractivity contribution in [2.45, 2.75) is 6.92 Å². The Morgan fingerprint density at radius 3 is 2.57 bits per heavy atom.